The molecule has 3 nitrogen and oxygen atoms in total. The number of hydrogen-bond acceptors (Lipinski definition) is 3. The molecule has 1 heterocycles. The fourth-order valence-corrected chi connectivity index (χ4v) is 1.51. The smallest absolute Gasteiger partial charge is 0.303 e. The maximum Gasteiger partial charge on any atom is 0.303 e. The Hall–Kier alpha value is -1.27. The molecule has 0 saturated carbocycles. The molecule has 0 amide bonds. The first-order chi connectivity index (χ1) is 7.17. The quantitative estimate of drug-likeness (QED) is 0.393. The average molecular weight is 208 g/mol. The molecule has 0 aliphatic carbocycles. The molecule has 15 heavy (non-hydrogen) atoms. The van der Waals surface area contributed by atoms with Crippen LogP contribution in [-0.4, -0.2) is 24.3 Å². The number of ether oxygens (including phenoxy) is 2. The molecule has 0 fully saturated rings. The third-order valence-electron chi connectivity index (χ3n) is 2.15. The van der Waals surface area contributed by atoms with Crippen molar-refractivity contribution in [2.45, 2.75) is 45.5 Å². The maximum atomic E-state index is 10.8. The summed E-state index contributed by atoms with van der Waals surface area (Å²) < 4.78 is 10.8. The molecule has 0 spiro atoms. The van der Waals surface area contributed by atoms with Gasteiger partial charge in [-0.2, -0.15) is 0 Å². The van der Waals surface area contributed by atoms with Crippen LogP contribution in [-0.2, 0) is 14.3 Å². The van der Waals surface area contributed by atoms with E-state index in [1.165, 1.54) is 6.92 Å². The largest absolute Gasteiger partial charge is 0.456 e. The maximum absolute atomic E-state index is 10.8. The molecule has 3 atom stereocenters. The highest BCUT2D eigenvalue weighted by Gasteiger charge is 2.27. The first-order valence-corrected chi connectivity index (χ1v) is 5.10. The van der Waals surface area contributed by atoms with Crippen LogP contribution in [0.5, 0.6) is 0 Å². The molecule has 1 rings (SSSR count). The van der Waals surface area contributed by atoms with E-state index in [4.69, 9.17) is 9.47 Å². The van der Waals surface area contributed by atoms with E-state index in [-0.39, 0.29) is 24.3 Å². The number of carbonyl (C=O) groups excluding carboxylic acids is 1. The molecular weight excluding hydrogens is 192 g/mol. The summed E-state index contributed by atoms with van der Waals surface area (Å²) in [6, 6.07) is 0. The molecule has 0 saturated heterocycles. The minimum atomic E-state index is -0.285. The summed E-state index contributed by atoms with van der Waals surface area (Å²) in [5, 5.41) is 0. The lowest BCUT2D eigenvalue weighted by Gasteiger charge is -2.29. The van der Waals surface area contributed by atoms with E-state index in [0.717, 1.165) is 6.42 Å². The van der Waals surface area contributed by atoms with Crippen molar-refractivity contribution in [1.82, 2.24) is 0 Å². The number of hydrogen-bond donors (Lipinski definition) is 0. The van der Waals surface area contributed by atoms with E-state index < -0.39 is 0 Å². The zero-order valence-corrected chi connectivity index (χ0v) is 9.32. The van der Waals surface area contributed by atoms with Gasteiger partial charge >= 0.3 is 5.97 Å². The normalized spacial score (nSPS) is 29.1. The lowest BCUT2D eigenvalue weighted by atomic mass is 10.1. The van der Waals surface area contributed by atoms with E-state index >= 15 is 0 Å². The molecule has 1 aliphatic rings. The Labute approximate surface area is 90.4 Å². The summed E-state index contributed by atoms with van der Waals surface area (Å²) >= 11 is 0. The van der Waals surface area contributed by atoms with Crippen LogP contribution in [0.3, 0.4) is 0 Å². The van der Waals surface area contributed by atoms with Crippen LogP contribution in [0.4, 0.5) is 0 Å². The van der Waals surface area contributed by atoms with Gasteiger partial charge in [0.25, 0.3) is 0 Å². The van der Waals surface area contributed by atoms with Gasteiger partial charge in [-0.05, 0) is 25.5 Å². The molecule has 0 aromatic carbocycles. The highest BCUT2D eigenvalue weighted by atomic mass is 16.6. The Morgan fingerprint density at radius 2 is 2.27 bits per heavy atom. The SMILES string of the molecule is CC#C[C@@H]1C=C[C@H](OC(C)=O)[C@@H](CC)O1. The minimum Gasteiger partial charge on any atom is -0.456 e. The van der Waals surface area contributed by atoms with Gasteiger partial charge in [0.1, 0.15) is 12.2 Å². The molecule has 0 radical (unpaired) electrons. The fraction of sp³-hybridized carbons (Fsp3) is 0.583. The Bertz CT molecular complexity index is 309. The predicted octanol–water partition coefficient (Wildman–Crippen LogP) is 1.68. The van der Waals surface area contributed by atoms with Gasteiger partial charge in [0, 0.05) is 6.92 Å². The average Bonchev–Trinajstić information content (AvgIpc) is 2.20. The van der Waals surface area contributed by atoms with Gasteiger partial charge in [0.15, 0.2) is 0 Å². The zero-order chi connectivity index (χ0) is 11.3. The lowest BCUT2D eigenvalue weighted by Crippen LogP contribution is -2.37. The summed E-state index contributed by atoms with van der Waals surface area (Å²) in [6.07, 6.45) is 3.94. The molecule has 0 N–H and O–H groups in total. The lowest BCUT2D eigenvalue weighted by molar-refractivity contribution is -0.153. The third-order valence-corrected chi connectivity index (χ3v) is 2.15. The molecule has 0 unspecified atom stereocenters. The second kappa shape index (κ2) is 5.57. The van der Waals surface area contributed by atoms with Gasteiger partial charge in [0.05, 0.1) is 6.10 Å². The first-order valence-electron chi connectivity index (χ1n) is 5.10. The molecule has 3 heteroatoms. The highest BCUT2D eigenvalue weighted by Crippen LogP contribution is 2.18. The second-order valence-electron chi connectivity index (χ2n) is 3.36. The standard InChI is InChI=1S/C12H16O3/c1-4-6-10-7-8-12(14-9(3)13)11(5-2)15-10/h7-8,10-12H,5H2,1-3H3/t10-,11-,12+/m1/s1. The van der Waals surface area contributed by atoms with Crippen molar-refractivity contribution >= 4 is 5.97 Å². The topological polar surface area (TPSA) is 35.5 Å². The van der Waals surface area contributed by atoms with Crippen molar-refractivity contribution in [2.24, 2.45) is 0 Å². The number of rotatable bonds is 2. The van der Waals surface area contributed by atoms with Crippen LogP contribution >= 0.6 is 0 Å². The summed E-state index contributed by atoms with van der Waals surface area (Å²) in [6.45, 7) is 5.17. The van der Waals surface area contributed by atoms with Crippen LogP contribution in [0.1, 0.15) is 27.2 Å². The van der Waals surface area contributed by atoms with E-state index in [9.17, 15) is 4.79 Å². The van der Waals surface area contributed by atoms with Crippen molar-refractivity contribution < 1.29 is 14.3 Å². The Morgan fingerprint density at radius 1 is 1.53 bits per heavy atom. The van der Waals surface area contributed by atoms with Gasteiger partial charge in [-0.3, -0.25) is 4.79 Å². The van der Waals surface area contributed by atoms with E-state index in [2.05, 4.69) is 11.8 Å². The molecule has 82 valence electrons. The van der Waals surface area contributed by atoms with Crippen LogP contribution in [0.2, 0.25) is 0 Å². The van der Waals surface area contributed by atoms with Crippen molar-refractivity contribution in [1.29, 1.82) is 0 Å². The van der Waals surface area contributed by atoms with Gasteiger partial charge in [-0.15, -0.1) is 5.92 Å². The highest BCUT2D eigenvalue weighted by molar-refractivity contribution is 5.66. The first kappa shape index (κ1) is 11.8. The summed E-state index contributed by atoms with van der Waals surface area (Å²) in [7, 11) is 0. The van der Waals surface area contributed by atoms with Gasteiger partial charge in [-0.1, -0.05) is 12.8 Å². The molecule has 0 aromatic rings. The zero-order valence-electron chi connectivity index (χ0n) is 9.32. The van der Waals surface area contributed by atoms with Gasteiger partial charge in [-0.25, -0.2) is 0 Å². The van der Waals surface area contributed by atoms with Crippen molar-refractivity contribution in [2.75, 3.05) is 0 Å². The molecule has 1 aliphatic heterocycles. The predicted molar refractivity (Wildman–Crippen MR) is 57.1 cm³/mol. The van der Waals surface area contributed by atoms with Gasteiger partial charge in [0.2, 0.25) is 0 Å². The summed E-state index contributed by atoms with van der Waals surface area (Å²) in [5.41, 5.74) is 0. The minimum absolute atomic E-state index is 0.0928. The van der Waals surface area contributed by atoms with E-state index in [1.807, 2.05) is 19.1 Å². The molecule has 0 aromatic heterocycles. The second-order valence-corrected chi connectivity index (χ2v) is 3.36. The monoisotopic (exact) mass is 208 g/mol. The van der Waals surface area contributed by atoms with Crippen LogP contribution < -0.4 is 0 Å². The third kappa shape index (κ3) is 3.41. The van der Waals surface area contributed by atoms with Crippen LogP contribution in [0, 0.1) is 11.8 Å². The van der Waals surface area contributed by atoms with Crippen molar-refractivity contribution in [3.8, 4) is 11.8 Å². The summed E-state index contributed by atoms with van der Waals surface area (Å²) in [4.78, 5) is 10.8. The molecular formula is C12H16O3. The Balaban J connectivity index is 2.68. The summed E-state index contributed by atoms with van der Waals surface area (Å²) in [5.74, 6) is 5.44. The number of carbonyl (C=O) groups is 1. The van der Waals surface area contributed by atoms with Crippen molar-refractivity contribution in [3.63, 3.8) is 0 Å². The van der Waals surface area contributed by atoms with Crippen LogP contribution in [0.15, 0.2) is 12.2 Å². The van der Waals surface area contributed by atoms with E-state index in [1.54, 1.807) is 6.92 Å². The van der Waals surface area contributed by atoms with Crippen LogP contribution in [0.25, 0.3) is 0 Å². The molecule has 0 bridgehead atoms. The van der Waals surface area contributed by atoms with Crippen molar-refractivity contribution in [3.05, 3.63) is 12.2 Å². The number of esters is 1. The Morgan fingerprint density at radius 3 is 2.80 bits per heavy atom. The van der Waals surface area contributed by atoms with E-state index in [0.29, 0.717) is 0 Å². The Kier molecular flexibility index (Phi) is 4.38. The fourth-order valence-electron chi connectivity index (χ4n) is 1.51. The van der Waals surface area contributed by atoms with Gasteiger partial charge < -0.3 is 9.47 Å².